The normalized spacial score (nSPS) is 18.0. The van der Waals surface area contributed by atoms with E-state index in [2.05, 4.69) is 54.2 Å². The number of nitrogens with one attached hydrogen (secondary N) is 1. The van der Waals surface area contributed by atoms with E-state index in [1.54, 1.807) is 0 Å². The Morgan fingerprint density at radius 3 is 2.86 bits per heavy atom. The molecular weight excluding hydrogens is 280 g/mol. The van der Waals surface area contributed by atoms with Crippen LogP contribution in [0.1, 0.15) is 20.8 Å². The maximum Gasteiger partial charge on any atom is 0.225 e. The zero-order valence-electron chi connectivity index (χ0n) is 12.9. The van der Waals surface area contributed by atoms with Gasteiger partial charge in [0.25, 0.3) is 0 Å². The van der Waals surface area contributed by atoms with Gasteiger partial charge < -0.3 is 10.2 Å². The molecule has 1 aromatic heterocycles. The van der Waals surface area contributed by atoms with Gasteiger partial charge in [-0.25, -0.2) is 4.98 Å². The summed E-state index contributed by atoms with van der Waals surface area (Å²) in [5, 5.41) is 4.39. The highest BCUT2D eigenvalue weighted by molar-refractivity contribution is 8.00. The van der Waals surface area contributed by atoms with Crippen LogP contribution < -0.4 is 10.2 Å². The van der Waals surface area contributed by atoms with E-state index in [4.69, 9.17) is 4.98 Å². The minimum atomic E-state index is 0.267. The quantitative estimate of drug-likeness (QED) is 0.941. The molecule has 1 N–H and O–H groups in total. The lowest BCUT2D eigenvalue weighted by Crippen LogP contribution is -2.43. The molecule has 1 fully saturated rings. The van der Waals surface area contributed by atoms with Gasteiger partial charge in [-0.3, -0.25) is 0 Å². The molecule has 2 aromatic rings. The summed E-state index contributed by atoms with van der Waals surface area (Å²) in [4.78, 5) is 11.8. The lowest BCUT2D eigenvalue weighted by atomic mass is 10.1. The van der Waals surface area contributed by atoms with E-state index in [1.165, 1.54) is 0 Å². The monoisotopic (exact) mass is 302 g/mol. The van der Waals surface area contributed by atoms with Gasteiger partial charge in [-0.15, -0.1) is 0 Å². The van der Waals surface area contributed by atoms with Crippen molar-refractivity contribution in [2.75, 3.05) is 35.6 Å². The number of rotatable bonds is 3. The molecule has 0 bridgehead atoms. The van der Waals surface area contributed by atoms with Crippen molar-refractivity contribution in [2.45, 2.75) is 25.5 Å². The number of aromatic nitrogens is 2. The smallest absolute Gasteiger partial charge is 0.225 e. The van der Waals surface area contributed by atoms with E-state index in [0.717, 1.165) is 48.1 Å². The van der Waals surface area contributed by atoms with Gasteiger partial charge in [-0.1, -0.05) is 12.1 Å². The van der Waals surface area contributed by atoms with Crippen LogP contribution in [0.15, 0.2) is 24.3 Å². The second-order valence-electron chi connectivity index (χ2n) is 5.95. The molecule has 0 radical (unpaired) electrons. The number of nitrogens with zero attached hydrogens (tertiary/aromatic N) is 3. The van der Waals surface area contributed by atoms with Crippen LogP contribution in [0.3, 0.4) is 0 Å². The molecule has 21 heavy (non-hydrogen) atoms. The first-order valence-electron chi connectivity index (χ1n) is 7.48. The lowest BCUT2D eigenvalue weighted by Gasteiger charge is -2.38. The number of fused-ring (bicyclic) bond motifs is 1. The SMILES string of the molecule is CCNc1nc(N2CCSC(C)(C)C2)c2ccccc2n1. The summed E-state index contributed by atoms with van der Waals surface area (Å²) in [6.45, 7) is 9.57. The number of para-hydroxylation sites is 1. The van der Waals surface area contributed by atoms with Gasteiger partial charge in [0.2, 0.25) is 5.95 Å². The van der Waals surface area contributed by atoms with Gasteiger partial charge in [0, 0.05) is 35.5 Å². The minimum absolute atomic E-state index is 0.267. The Labute approximate surface area is 130 Å². The van der Waals surface area contributed by atoms with E-state index in [9.17, 15) is 0 Å². The highest BCUT2D eigenvalue weighted by atomic mass is 32.2. The van der Waals surface area contributed by atoms with Crippen molar-refractivity contribution in [1.82, 2.24) is 9.97 Å². The predicted octanol–water partition coefficient (Wildman–Crippen LogP) is 3.39. The van der Waals surface area contributed by atoms with Crippen molar-refractivity contribution in [3.63, 3.8) is 0 Å². The topological polar surface area (TPSA) is 41.1 Å². The van der Waals surface area contributed by atoms with Gasteiger partial charge in [0.05, 0.1) is 5.52 Å². The standard InChI is InChI=1S/C16H22N4S/c1-4-17-15-18-13-8-6-5-7-12(13)14(19-15)20-9-10-21-16(2,3)11-20/h5-8H,4,9-11H2,1-3H3,(H,17,18,19). The summed E-state index contributed by atoms with van der Waals surface area (Å²) in [6.07, 6.45) is 0. The highest BCUT2D eigenvalue weighted by Gasteiger charge is 2.28. The summed E-state index contributed by atoms with van der Waals surface area (Å²) in [6, 6.07) is 8.27. The van der Waals surface area contributed by atoms with Crippen molar-refractivity contribution >= 4 is 34.4 Å². The molecule has 4 nitrogen and oxygen atoms in total. The Morgan fingerprint density at radius 2 is 2.10 bits per heavy atom. The molecule has 0 unspecified atom stereocenters. The lowest BCUT2D eigenvalue weighted by molar-refractivity contribution is 0.644. The Kier molecular flexibility index (Phi) is 3.93. The van der Waals surface area contributed by atoms with Crippen molar-refractivity contribution < 1.29 is 0 Å². The van der Waals surface area contributed by atoms with E-state index < -0.39 is 0 Å². The fourth-order valence-corrected chi connectivity index (χ4v) is 3.85. The molecule has 0 aliphatic carbocycles. The molecule has 0 atom stereocenters. The molecule has 1 aliphatic rings. The molecule has 3 rings (SSSR count). The van der Waals surface area contributed by atoms with Gasteiger partial charge in [0.15, 0.2) is 0 Å². The van der Waals surface area contributed by atoms with Crippen molar-refractivity contribution in [2.24, 2.45) is 0 Å². The van der Waals surface area contributed by atoms with Gasteiger partial charge in [-0.2, -0.15) is 16.7 Å². The zero-order chi connectivity index (χ0) is 14.9. The number of hydrogen-bond donors (Lipinski definition) is 1. The molecule has 0 amide bonds. The fourth-order valence-electron chi connectivity index (χ4n) is 2.74. The van der Waals surface area contributed by atoms with E-state index in [-0.39, 0.29) is 4.75 Å². The van der Waals surface area contributed by atoms with Crippen LogP contribution >= 0.6 is 11.8 Å². The molecule has 2 heterocycles. The number of anilines is 2. The highest BCUT2D eigenvalue weighted by Crippen LogP contribution is 2.34. The molecule has 0 saturated carbocycles. The summed E-state index contributed by atoms with van der Waals surface area (Å²) in [7, 11) is 0. The van der Waals surface area contributed by atoms with Gasteiger partial charge in [0.1, 0.15) is 5.82 Å². The van der Waals surface area contributed by atoms with E-state index in [0.29, 0.717) is 0 Å². The number of hydrogen-bond acceptors (Lipinski definition) is 5. The second-order valence-corrected chi connectivity index (χ2v) is 7.75. The van der Waals surface area contributed by atoms with Crippen LogP contribution in [-0.4, -0.2) is 40.1 Å². The molecule has 1 aliphatic heterocycles. The Morgan fingerprint density at radius 1 is 1.29 bits per heavy atom. The van der Waals surface area contributed by atoms with Crippen LogP contribution in [0.5, 0.6) is 0 Å². The Bertz CT molecular complexity index is 641. The van der Waals surface area contributed by atoms with Crippen LogP contribution in [0.2, 0.25) is 0 Å². The van der Waals surface area contributed by atoms with Gasteiger partial charge in [-0.05, 0) is 32.9 Å². The number of thioether (sulfide) groups is 1. The summed E-state index contributed by atoms with van der Waals surface area (Å²) in [5.74, 6) is 2.93. The first kappa shape index (κ1) is 14.4. The van der Waals surface area contributed by atoms with Crippen LogP contribution in [-0.2, 0) is 0 Å². The van der Waals surface area contributed by atoms with Gasteiger partial charge >= 0.3 is 0 Å². The maximum absolute atomic E-state index is 4.77. The summed E-state index contributed by atoms with van der Waals surface area (Å²) in [5.41, 5.74) is 1.01. The van der Waals surface area contributed by atoms with E-state index in [1.807, 2.05) is 17.8 Å². The average molecular weight is 302 g/mol. The van der Waals surface area contributed by atoms with E-state index >= 15 is 0 Å². The largest absolute Gasteiger partial charge is 0.354 e. The first-order valence-corrected chi connectivity index (χ1v) is 8.47. The molecular formula is C16H22N4S. The second kappa shape index (κ2) is 5.72. The third-order valence-corrected chi connectivity index (χ3v) is 4.94. The molecule has 0 spiro atoms. The molecule has 112 valence electrons. The number of benzene rings is 1. The zero-order valence-corrected chi connectivity index (χ0v) is 13.7. The summed E-state index contributed by atoms with van der Waals surface area (Å²) < 4.78 is 0.267. The molecule has 5 heteroatoms. The van der Waals surface area contributed by atoms with Crippen molar-refractivity contribution in [1.29, 1.82) is 0 Å². The van der Waals surface area contributed by atoms with Crippen LogP contribution in [0, 0.1) is 0 Å². The Hall–Kier alpha value is -1.49. The third kappa shape index (κ3) is 3.07. The van der Waals surface area contributed by atoms with Crippen LogP contribution in [0.4, 0.5) is 11.8 Å². The van der Waals surface area contributed by atoms with Crippen LogP contribution in [0.25, 0.3) is 10.9 Å². The molecule has 1 aromatic carbocycles. The molecule has 1 saturated heterocycles. The predicted molar refractivity (Wildman–Crippen MR) is 92.5 cm³/mol. The van der Waals surface area contributed by atoms with Crippen molar-refractivity contribution in [3.05, 3.63) is 24.3 Å². The minimum Gasteiger partial charge on any atom is -0.354 e. The summed E-state index contributed by atoms with van der Waals surface area (Å²) >= 11 is 2.04. The third-order valence-electron chi connectivity index (χ3n) is 3.64. The Balaban J connectivity index is 2.07. The fraction of sp³-hybridized carbons (Fsp3) is 0.500. The maximum atomic E-state index is 4.77. The first-order chi connectivity index (χ1) is 10.1. The van der Waals surface area contributed by atoms with Crippen molar-refractivity contribution in [3.8, 4) is 0 Å². The average Bonchev–Trinajstić information content (AvgIpc) is 2.46.